The molecule has 0 aromatic heterocycles. The van der Waals surface area contributed by atoms with E-state index in [-0.39, 0.29) is 23.4 Å². The molecule has 5 nitrogen and oxygen atoms in total. The van der Waals surface area contributed by atoms with Crippen LogP contribution in [0.5, 0.6) is 0 Å². The predicted octanol–water partition coefficient (Wildman–Crippen LogP) is 5.55. The van der Waals surface area contributed by atoms with Crippen LogP contribution in [0, 0.1) is 6.92 Å². The molecule has 0 spiro atoms. The molecule has 1 aliphatic rings. The molecule has 0 heterocycles. The number of nitrogens with zero attached hydrogens (tertiary/aromatic N) is 2. The van der Waals surface area contributed by atoms with Crippen molar-refractivity contribution in [2.75, 3.05) is 6.54 Å². The second kappa shape index (κ2) is 11.6. The molecule has 0 saturated heterocycles. The average molecular weight is 491 g/mol. The van der Waals surface area contributed by atoms with Crippen molar-refractivity contribution in [3.8, 4) is 0 Å². The van der Waals surface area contributed by atoms with Gasteiger partial charge in [-0.3, -0.25) is 4.79 Å². The third-order valence-electron chi connectivity index (χ3n) is 6.69. The van der Waals surface area contributed by atoms with Crippen molar-refractivity contribution in [3.63, 3.8) is 0 Å². The zero-order valence-corrected chi connectivity index (χ0v) is 21.2. The third-order valence-corrected chi connectivity index (χ3v) is 8.60. The van der Waals surface area contributed by atoms with Crippen LogP contribution in [-0.4, -0.2) is 36.1 Å². The molecule has 0 unspecified atom stereocenters. The van der Waals surface area contributed by atoms with Crippen LogP contribution >= 0.6 is 0 Å². The monoisotopic (exact) mass is 490 g/mol. The Morgan fingerprint density at radius 1 is 0.771 bits per heavy atom. The first-order valence-corrected chi connectivity index (χ1v) is 13.8. The SMILES string of the molecule is Cc1ccc(S(=O)(=O)N(CC(=O)N(Cc2ccccc2)Cc2ccccc2)C2CCCCC2)cc1. The summed E-state index contributed by atoms with van der Waals surface area (Å²) < 4.78 is 29.0. The second-order valence-electron chi connectivity index (χ2n) is 9.38. The van der Waals surface area contributed by atoms with E-state index in [4.69, 9.17) is 0 Å². The summed E-state index contributed by atoms with van der Waals surface area (Å²) in [6, 6.07) is 26.5. The fraction of sp³-hybridized carbons (Fsp3) is 0.345. The van der Waals surface area contributed by atoms with E-state index in [0.717, 1.165) is 48.8 Å². The lowest BCUT2D eigenvalue weighted by Gasteiger charge is -2.34. The average Bonchev–Trinajstić information content (AvgIpc) is 2.88. The van der Waals surface area contributed by atoms with Crippen LogP contribution < -0.4 is 0 Å². The molecule has 4 rings (SSSR count). The van der Waals surface area contributed by atoms with Crippen molar-refractivity contribution < 1.29 is 13.2 Å². The number of aryl methyl sites for hydroxylation is 1. The van der Waals surface area contributed by atoms with E-state index in [1.54, 1.807) is 17.0 Å². The number of rotatable bonds is 9. The van der Waals surface area contributed by atoms with Gasteiger partial charge in [0.25, 0.3) is 0 Å². The van der Waals surface area contributed by atoms with E-state index >= 15 is 0 Å². The zero-order valence-electron chi connectivity index (χ0n) is 20.3. The Morgan fingerprint density at radius 3 is 1.80 bits per heavy atom. The lowest BCUT2D eigenvalue weighted by Crippen LogP contribution is -2.47. The molecule has 1 amide bonds. The number of amides is 1. The van der Waals surface area contributed by atoms with Crippen molar-refractivity contribution in [2.45, 2.75) is 63.1 Å². The first-order valence-electron chi connectivity index (χ1n) is 12.4. The highest BCUT2D eigenvalue weighted by Crippen LogP contribution is 2.28. The zero-order chi connectivity index (χ0) is 24.7. The van der Waals surface area contributed by atoms with Gasteiger partial charge < -0.3 is 4.90 Å². The van der Waals surface area contributed by atoms with Crippen LogP contribution in [0.1, 0.15) is 48.8 Å². The Kier molecular flexibility index (Phi) is 8.37. The molecule has 3 aromatic rings. The van der Waals surface area contributed by atoms with E-state index in [0.29, 0.717) is 13.1 Å². The lowest BCUT2D eigenvalue weighted by atomic mass is 9.95. The van der Waals surface area contributed by atoms with Crippen LogP contribution in [-0.2, 0) is 27.9 Å². The molecule has 1 aliphatic carbocycles. The molecule has 0 bridgehead atoms. The van der Waals surface area contributed by atoms with E-state index in [9.17, 15) is 13.2 Å². The third kappa shape index (κ3) is 6.59. The normalized spacial score (nSPS) is 14.7. The van der Waals surface area contributed by atoms with Gasteiger partial charge in [0, 0.05) is 19.1 Å². The van der Waals surface area contributed by atoms with Crippen LogP contribution in [0.3, 0.4) is 0 Å². The van der Waals surface area contributed by atoms with Crippen LogP contribution in [0.4, 0.5) is 0 Å². The number of sulfonamides is 1. The maximum Gasteiger partial charge on any atom is 0.243 e. The van der Waals surface area contributed by atoms with E-state index < -0.39 is 10.0 Å². The minimum Gasteiger partial charge on any atom is -0.333 e. The molecule has 0 N–H and O–H groups in total. The summed E-state index contributed by atoms with van der Waals surface area (Å²) in [5.74, 6) is -0.182. The van der Waals surface area contributed by atoms with E-state index in [1.165, 1.54) is 4.31 Å². The van der Waals surface area contributed by atoms with Gasteiger partial charge >= 0.3 is 0 Å². The number of benzene rings is 3. The van der Waals surface area contributed by atoms with Gasteiger partial charge in [-0.25, -0.2) is 8.42 Å². The van der Waals surface area contributed by atoms with Gasteiger partial charge in [0.2, 0.25) is 15.9 Å². The highest BCUT2D eigenvalue weighted by Gasteiger charge is 2.35. The van der Waals surface area contributed by atoms with Gasteiger partial charge in [0.1, 0.15) is 0 Å². The Balaban J connectivity index is 1.63. The molecule has 1 saturated carbocycles. The van der Waals surface area contributed by atoms with Crippen LogP contribution in [0.25, 0.3) is 0 Å². The number of carbonyl (C=O) groups is 1. The first-order chi connectivity index (χ1) is 16.9. The fourth-order valence-corrected chi connectivity index (χ4v) is 6.33. The molecule has 1 fully saturated rings. The molecular weight excluding hydrogens is 456 g/mol. The van der Waals surface area contributed by atoms with Gasteiger partial charge in [-0.1, -0.05) is 97.6 Å². The summed E-state index contributed by atoms with van der Waals surface area (Å²) in [6.45, 7) is 2.64. The highest BCUT2D eigenvalue weighted by molar-refractivity contribution is 7.89. The molecule has 184 valence electrons. The molecule has 3 aromatic carbocycles. The Labute approximate surface area is 209 Å². The Morgan fingerprint density at radius 2 is 1.29 bits per heavy atom. The van der Waals surface area contributed by atoms with E-state index in [1.807, 2.05) is 79.7 Å². The molecule has 35 heavy (non-hydrogen) atoms. The van der Waals surface area contributed by atoms with Crippen molar-refractivity contribution in [1.29, 1.82) is 0 Å². The minimum absolute atomic E-state index is 0.152. The van der Waals surface area contributed by atoms with E-state index in [2.05, 4.69) is 0 Å². The topological polar surface area (TPSA) is 57.7 Å². The smallest absolute Gasteiger partial charge is 0.243 e. The summed E-state index contributed by atoms with van der Waals surface area (Å²) in [5, 5.41) is 0. The Hall–Kier alpha value is -2.96. The van der Waals surface area contributed by atoms with Gasteiger partial charge in [-0.05, 0) is 43.0 Å². The maximum atomic E-state index is 13.8. The predicted molar refractivity (Wildman–Crippen MR) is 139 cm³/mol. The molecule has 0 atom stereocenters. The fourth-order valence-electron chi connectivity index (χ4n) is 4.70. The largest absolute Gasteiger partial charge is 0.333 e. The molecule has 0 radical (unpaired) electrons. The summed E-state index contributed by atoms with van der Waals surface area (Å²) in [7, 11) is -3.81. The summed E-state index contributed by atoms with van der Waals surface area (Å²) in [5.41, 5.74) is 3.03. The lowest BCUT2D eigenvalue weighted by molar-refractivity contribution is -0.133. The van der Waals surface area contributed by atoms with Crippen molar-refractivity contribution in [1.82, 2.24) is 9.21 Å². The minimum atomic E-state index is -3.81. The summed E-state index contributed by atoms with van der Waals surface area (Å²) in [6.07, 6.45) is 4.65. The van der Waals surface area contributed by atoms with Gasteiger partial charge in [-0.2, -0.15) is 4.31 Å². The van der Waals surface area contributed by atoms with Crippen LogP contribution in [0.15, 0.2) is 89.8 Å². The highest BCUT2D eigenvalue weighted by atomic mass is 32.2. The summed E-state index contributed by atoms with van der Waals surface area (Å²) in [4.78, 5) is 15.8. The standard InChI is InChI=1S/C29H34N2O3S/c1-24-17-19-28(20-18-24)35(33,34)31(27-15-9-4-10-16-27)23-29(32)30(21-25-11-5-2-6-12-25)22-26-13-7-3-8-14-26/h2-3,5-8,11-14,17-20,27H,4,9-10,15-16,21-23H2,1H3. The Bertz CT molecular complexity index is 1150. The number of hydrogen-bond acceptors (Lipinski definition) is 3. The quantitative estimate of drug-likeness (QED) is 0.395. The van der Waals surface area contributed by atoms with Gasteiger partial charge in [0.05, 0.1) is 11.4 Å². The molecular formula is C29H34N2O3S. The number of carbonyl (C=O) groups excluding carboxylic acids is 1. The first kappa shape index (κ1) is 25.1. The molecule has 0 aliphatic heterocycles. The summed E-state index contributed by atoms with van der Waals surface area (Å²) >= 11 is 0. The van der Waals surface area contributed by atoms with Crippen molar-refractivity contribution >= 4 is 15.9 Å². The molecule has 6 heteroatoms. The maximum absolute atomic E-state index is 13.8. The van der Waals surface area contributed by atoms with Crippen molar-refractivity contribution in [2.24, 2.45) is 0 Å². The second-order valence-corrected chi connectivity index (χ2v) is 11.3. The van der Waals surface area contributed by atoms with Gasteiger partial charge in [-0.15, -0.1) is 0 Å². The number of hydrogen-bond donors (Lipinski definition) is 0. The van der Waals surface area contributed by atoms with Crippen LogP contribution in [0.2, 0.25) is 0 Å². The van der Waals surface area contributed by atoms with Crippen molar-refractivity contribution in [3.05, 3.63) is 102 Å². The van der Waals surface area contributed by atoms with Gasteiger partial charge in [0.15, 0.2) is 0 Å².